The quantitative estimate of drug-likeness (QED) is 0.817. The second kappa shape index (κ2) is 5.85. The van der Waals surface area contributed by atoms with E-state index in [1.165, 1.54) is 18.4 Å². The first kappa shape index (κ1) is 14.1. The Morgan fingerprint density at radius 1 is 1.33 bits per heavy atom. The summed E-state index contributed by atoms with van der Waals surface area (Å²) in [5.74, 6) is 3.03. The predicted molar refractivity (Wildman–Crippen MR) is 79.2 cm³/mol. The summed E-state index contributed by atoms with van der Waals surface area (Å²) in [5, 5.41) is 4.05. The molecular weight excluding hydrogens is 266 g/mol. The maximum absolute atomic E-state index is 5.31. The number of methoxy groups -OCH3 is 1. The monoisotopic (exact) mass is 287 g/mol. The minimum Gasteiger partial charge on any atom is -0.496 e. The molecule has 0 aliphatic heterocycles. The summed E-state index contributed by atoms with van der Waals surface area (Å²) in [7, 11) is 3.75. The van der Waals surface area contributed by atoms with E-state index in [4.69, 9.17) is 9.26 Å². The van der Waals surface area contributed by atoms with Crippen LogP contribution in [0.3, 0.4) is 0 Å². The van der Waals surface area contributed by atoms with Crippen LogP contribution < -0.4 is 4.74 Å². The molecule has 21 heavy (non-hydrogen) atoms. The van der Waals surface area contributed by atoms with Crippen LogP contribution in [0.25, 0.3) is 0 Å². The number of nitrogens with zero attached hydrogens (tertiary/aromatic N) is 3. The number of aromatic nitrogens is 2. The molecule has 0 spiro atoms. The Balaban J connectivity index is 1.59. The van der Waals surface area contributed by atoms with Gasteiger partial charge in [0.1, 0.15) is 5.75 Å². The molecule has 0 amide bonds. The summed E-state index contributed by atoms with van der Waals surface area (Å²) < 4.78 is 10.6. The van der Waals surface area contributed by atoms with Gasteiger partial charge >= 0.3 is 0 Å². The lowest BCUT2D eigenvalue weighted by Gasteiger charge is -2.15. The molecule has 3 rings (SSSR count). The lowest BCUT2D eigenvalue weighted by Crippen LogP contribution is -2.17. The molecule has 0 radical (unpaired) electrons. The standard InChI is InChI=1S/C16H21N3O2/c1-11-8-12(4-7-14(11)20-3)9-19(2)10-15-17-16(18-21-15)13-5-6-13/h4,7-8,13H,5-6,9-10H2,1-3H3. The van der Waals surface area contributed by atoms with Gasteiger partial charge < -0.3 is 9.26 Å². The van der Waals surface area contributed by atoms with Crippen molar-refractivity contribution in [2.75, 3.05) is 14.2 Å². The number of benzene rings is 1. The maximum Gasteiger partial charge on any atom is 0.240 e. The molecule has 5 nitrogen and oxygen atoms in total. The van der Waals surface area contributed by atoms with E-state index in [-0.39, 0.29) is 0 Å². The van der Waals surface area contributed by atoms with E-state index in [1.807, 2.05) is 6.07 Å². The van der Waals surface area contributed by atoms with Crippen molar-refractivity contribution in [2.24, 2.45) is 0 Å². The van der Waals surface area contributed by atoms with E-state index >= 15 is 0 Å². The molecule has 2 aromatic rings. The van der Waals surface area contributed by atoms with Crippen molar-refractivity contribution in [2.45, 2.75) is 38.8 Å². The highest BCUT2D eigenvalue weighted by molar-refractivity contribution is 5.36. The van der Waals surface area contributed by atoms with Crippen LogP contribution in [0.4, 0.5) is 0 Å². The van der Waals surface area contributed by atoms with Gasteiger partial charge in [0.25, 0.3) is 0 Å². The van der Waals surface area contributed by atoms with Gasteiger partial charge in [-0.25, -0.2) is 0 Å². The van der Waals surface area contributed by atoms with Crippen molar-refractivity contribution in [3.05, 3.63) is 41.0 Å². The zero-order valence-corrected chi connectivity index (χ0v) is 12.8. The maximum atomic E-state index is 5.31. The summed E-state index contributed by atoms with van der Waals surface area (Å²) in [6.07, 6.45) is 2.39. The minimum atomic E-state index is 0.539. The molecule has 1 heterocycles. The molecule has 1 aromatic carbocycles. The second-order valence-electron chi connectivity index (χ2n) is 5.80. The van der Waals surface area contributed by atoms with Crippen molar-refractivity contribution in [3.63, 3.8) is 0 Å². The Bertz CT molecular complexity index is 620. The van der Waals surface area contributed by atoms with Crippen molar-refractivity contribution < 1.29 is 9.26 Å². The molecule has 0 N–H and O–H groups in total. The Hall–Kier alpha value is -1.88. The fraction of sp³-hybridized carbons (Fsp3) is 0.500. The SMILES string of the molecule is COc1ccc(CN(C)Cc2nc(C3CC3)no2)cc1C. The zero-order chi connectivity index (χ0) is 14.8. The summed E-state index contributed by atoms with van der Waals surface area (Å²) in [5.41, 5.74) is 2.40. The molecule has 0 atom stereocenters. The molecule has 1 aliphatic rings. The molecular formula is C16H21N3O2. The van der Waals surface area contributed by atoms with Crippen LogP contribution >= 0.6 is 0 Å². The van der Waals surface area contributed by atoms with Crippen LogP contribution in [0.15, 0.2) is 22.7 Å². The van der Waals surface area contributed by atoms with E-state index in [0.717, 1.165) is 23.7 Å². The highest BCUT2D eigenvalue weighted by atomic mass is 16.5. The van der Waals surface area contributed by atoms with Gasteiger partial charge in [0.2, 0.25) is 5.89 Å². The third kappa shape index (κ3) is 3.42. The van der Waals surface area contributed by atoms with E-state index in [2.05, 4.69) is 41.1 Å². The molecule has 0 saturated heterocycles. The van der Waals surface area contributed by atoms with Gasteiger partial charge in [-0.15, -0.1) is 0 Å². The van der Waals surface area contributed by atoms with Crippen LogP contribution in [-0.4, -0.2) is 29.2 Å². The first-order valence-corrected chi connectivity index (χ1v) is 7.30. The van der Waals surface area contributed by atoms with Gasteiger partial charge in [-0.2, -0.15) is 4.98 Å². The Kier molecular flexibility index (Phi) is 3.92. The Labute approximate surface area is 124 Å². The topological polar surface area (TPSA) is 51.4 Å². The first-order valence-electron chi connectivity index (χ1n) is 7.30. The molecule has 1 saturated carbocycles. The summed E-state index contributed by atoms with van der Waals surface area (Å²) in [6.45, 7) is 3.57. The van der Waals surface area contributed by atoms with Gasteiger partial charge in [-0.05, 0) is 44.0 Å². The van der Waals surface area contributed by atoms with Gasteiger partial charge in [-0.1, -0.05) is 17.3 Å². The van der Waals surface area contributed by atoms with E-state index in [0.29, 0.717) is 18.4 Å². The highest BCUT2D eigenvalue weighted by Gasteiger charge is 2.28. The highest BCUT2D eigenvalue weighted by Crippen LogP contribution is 2.38. The van der Waals surface area contributed by atoms with Crippen LogP contribution in [-0.2, 0) is 13.1 Å². The van der Waals surface area contributed by atoms with Gasteiger partial charge in [-0.3, -0.25) is 4.90 Å². The first-order chi connectivity index (χ1) is 10.2. The van der Waals surface area contributed by atoms with Gasteiger partial charge in [0.05, 0.1) is 13.7 Å². The van der Waals surface area contributed by atoms with E-state index in [9.17, 15) is 0 Å². The third-order valence-electron chi connectivity index (χ3n) is 3.74. The van der Waals surface area contributed by atoms with Crippen molar-refractivity contribution >= 4 is 0 Å². The molecule has 0 bridgehead atoms. The Morgan fingerprint density at radius 2 is 2.14 bits per heavy atom. The van der Waals surface area contributed by atoms with E-state index < -0.39 is 0 Å². The fourth-order valence-electron chi connectivity index (χ4n) is 2.48. The summed E-state index contributed by atoms with van der Waals surface area (Å²) >= 11 is 0. The van der Waals surface area contributed by atoms with Gasteiger partial charge in [0, 0.05) is 12.5 Å². The summed E-state index contributed by atoms with van der Waals surface area (Å²) in [4.78, 5) is 6.63. The largest absolute Gasteiger partial charge is 0.496 e. The molecule has 1 fully saturated rings. The van der Waals surface area contributed by atoms with E-state index in [1.54, 1.807) is 7.11 Å². The molecule has 5 heteroatoms. The molecule has 112 valence electrons. The fourth-order valence-corrected chi connectivity index (χ4v) is 2.48. The van der Waals surface area contributed by atoms with Crippen molar-refractivity contribution in [1.82, 2.24) is 15.0 Å². The number of aryl methyl sites for hydroxylation is 1. The zero-order valence-electron chi connectivity index (χ0n) is 12.8. The van der Waals surface area contributed by atoms with Crippen LogP contribution in [0.5, 0.6) is 5.75 Å². The number of rotatable bonds is 6. The second-order valence-corrected chi connectivity index (χ2v) is 5.80. The van der Waals surface area contributed by atoms with Crippen LogP contribution in [0.1, 0.15) is 41.6 Å². The summed E-state index contributed by atoms with van der Waals surface area (Å²) in [6, 6.07) is 6.25. The smallest absolute Gasteiger partial charge is 0.240 e. The van der Waals surface area contributed by atoms with Crippen LogP contribution in [0.2, 0.25) is 0 Å². The average molecular weight is 287 g/mol. The van der Waals surface area contributed by atoms with Crippen molar-refractivity contribution in [3.8, 4) is 5.75 Å². The molecule has 1 aliphatic carbocycles. The lowest BCUT2D eigenvalue weighted by molar-refractivity contribution is 0.260. The molecule has 1 aromatic heterocycles. The number of ether oxygens (including phenoxy) is 1. The predicted octanol–water partition coefficient (Wildman–Crippen LogP) is 2.90. The normalized spacial score (nSPS) is 14.7. The van der Waals surface area contributed by atoms with Crippen LogP contribution in [0, 0.1) is 6.92 Å². The lowest BCUT2D eigenvalue weighted by atomic mass is 10.1. The number of hydrogen-bond acceptors (Lipinski definition) is 5. The third-order valence-corrected chi connectivity index (χ3v) is 3.74. The van der Waals surface area contributed by atoms with Crippen molar-refractivity contribution in [1.29, 1.82) is 0 Å². The Morgan fingerprint density at radius 3 is 2.81 bits per heavy atom. The minimum absolute atomic E-state index is 0.539. The molecule has 0 unspecified atom stereocenters. The number of hydrogen-bond donors (Lipinski definition) is 0. The average Bonchev–Trinajstić information content (AvgIpc) is 3.20. The van der Waals surface area contributed by atoms with Gasteiger partial charge in [0.15, 0.2) is 5.82 Å².